The fourth-order valence-electron chi connectivity index (χ4n) is 2.29. The van der Waals surface area contributed by atoms with Crippen LogP contribution < -0.4 is 22.1 Å². The number of rotatable bonds is 14. The Hall–Kier alpha value is -2.52. The number of unbranched alkanes of at least 4 members (excludes halogenated alkanes) is 2. The van der Waals surface area contributed by atoms with Gasteiger partial charge in [-0.05, 0) is 65.5 Å². The van der Waals surface area contributed by atoms with Gasteiger partial charge in [-0.15, -0.1) is 0 Å². The van der Waals surface area contributed by atoms with Crippen LogP contribution in [0.1, 0.15) is 52.4 Å². The van der Waals surface area contributed by atoms with E-state index in [9.17, 15) is 19.2 Å². The number of nitrogens with one attached hydrogen (secondary N) is 2. The Morgan fingerprint density at radius 3 is 1.38 bits per heavy atom. The quantitative estimate of drug-likeness (QED) is 0.140. The van der Waals surface area contributed by atoms with Gasteiger partial charge >= 0.3 is 11.9 Å². The number of carbonyl (C=O) groups is 4. The minimum Gasteiger partial charge on any atom is -0.390 e. The zero-order valence-electron chi connectivity index (χ0n) is 17.4. The molecule has 9 heteroatoms. The first kappa shape index (κ1) is 26.5. The van der Waals surface area contributed by atoms with Crippen molar-refractivity contribution in [1.82, 2.24) is 10.6 Å². The van der Waals surface area contributed by atoms with Gasteiger partial charge in [-0.1, -0.05) is 13.2 Å². The van der Waals surface area contributed by atoms with Crippen LogP contribution in [0.25, 0.3) is 0 Å². The molecule has 0 bridgehead atoms. The minimum atomic E-state index is -1.02. The van der Waals surface area contributed by atoms with Crippen LogP contribution in [-0.2, 0) is 23.9 Å². The van der Waals surface area contributed by atoms with E-state index in [-0.39, 0.29) is 24.0 Å². The molecule has 2 amide bonds. The Morgan fingerprint density at radius 1 is 0.759 bits per heavy atom. The second-order valence-corrected chi connectivity index (χ2v) is 6.92. The van der Waals surface area contributed by atoms with Crippen LogP contribution in [0.4, 0.5) is 0 Å². The number of hydrogen-bond acceptors (Lipinski definition) is 7. The molecule has 0 saturated heterocycles. The van der Waals surface area contributed by atoms with Gasteiger partial charge in [-0.3, -0.25) is 9.59 Å². The fraction of sp³-hybridized carbons (Fsp3) is 0.600. The van der Waals surface area contributed by atoms with Crippen molar-refractivity contribution in [3.63, 3.8) is 0 Å². The van der Waals surface area contributed by atoms with Crippen LogP contribution in [0.3, 0.4) is 0 Å². The molecule has 0 spiro atoms. The highest BCUT2D eigenvalue weighted by molar-refractivity contribution is 5.99. The highest BCUT2D eigenvalue weighted by atomic mass is 16.6. The molecule has 0 saturated carbocycles. The van der Waals surface area contributed by atoms with E-state index < -0.39 is 35.8 Å². The Morgan fingerprint density at radius 2 is 1.10 bits per heavy atom. The maximum atomic E-state index is 12.5. The molecule has 9 nitrogen and oxygen atoms in total. The van der Waals surface area contributed by atoms with E-state index >= 15 is 0 Å². The third-order valence-corrected chi connectivity index (χ3v) is 4.05. The fourth-order valence-corrected chi connectivity index (χ4v) is 2.29. The van der Waals surface area contributed by atoms with Crippen LogP contribution in [0.15, 0.2) is 24.3 Å². The molecule has 29 heavy (non-hydrogen) atoms. The summed E-state index contributed by atoms with van der Waals surface area (Å²) in [6.45, 7) is 10.9. The number of carbonyl (C=O) groups excluding carboxylic acids is 4. The van der Waals surface area contributed by atoms with Crippen molar-refractivity contribution in [1.29, 1.82) is 0 Å². The molecule has 0 aliphatic rings. The molecule has 0 aromatic carbocycles. The Kier molecular flexibility index (Phi) is 13.2. The van der Waals surface area contributed by atoms with Crippen molar-refractivity contribution in [2.45, 2.75) is 64.5 Å². The summed E-state index contributed by atoms with van der Waals surface area (Å²) in [7, 11) is 0. The van der Waals surface area contributed by atoms with E-state index in [1.54, 1.807) is 0 Å². The SMILES string of the molecule is C=C(C)C(=O)N[C@@H](CCCCN)C(=O)OC(=O)[C@H](CCCCN)NC(=O)C(=C)C. The van der Waals surface area contributed by atoms with Crippen molar-refractivity contribution < 1.29 is 23.9 Å². The number of esters is 2. The highest BCUT2D eigenvalue weighted by Crippen LogP contribution is 2.08. The van der Waals surface area contributed by atoms with Crippen molar-refractivity contribution in [2.75, 3.05) is 13.1 Å². The Bertz CT molecular complexity index is 566. The molecular weight excluding hydrogens is 376 g/mol. The Balaban J connectivity index is 5.16. The summed E-state index contributed by atoms with van der Waals surface area (Å²) in [6.07, 6.45) is 2.95. The third-order valence-electron chi connectivity index (χ3n) is 4.05. The van der Waals surface area contributed by atoms with Crippen LogP contribution >= 0.6 is 0 Å². The first-order chi connectivity index (χ1) is 13.6. The lowest BCUT2D eigenvalue weighted by Gasteiger charge is -2.20. The predicted molar refractivity (Wildman–Crippen MR) is 110 cm³/mol. The van der Waals surface area contributed by atoms with Crippen LogP contribution in [0.5, 0.6) is 0 Å². The summed E-state index contributed by atoms with van der Waals surface area (Å²) in [5.74, 6) is -2.81. The highest BCUT2D eigenvalue weighted by Gasteiger charge is 2.29. The zero-order valence-corrected chi connectivity index (χ0v) is 17.4. The molecule has 0 unspecified atom stereocenters. The van der Waals surface area contributed by atoms with E-state index in [0.717, 1.165) is 0 Å². The summed E-state index contributed by atoms with van der Waals surface area (Å²) in [6, 6.07) is -2.03. The monoisotopic (exact) mass is 410 g/mol. The van der Waals surface area contributed by atoms with Crippen molar-refractivity contribution in [3.8, 4) is 0 Å². The second-order valence-electron chi connectivity index (χ2n) is 6.92. The van der Waals surface area contributed by atoms with Crippen molar-refractivity contribution >= 4 is 23.8 Å². The average molecular weight is 411 g/mol. The topological polar surface area (TPSA) is 154 Å². The molecule has 164 valence electrons. The molecular formula is C20H34N4O5. The molecule has 0 aromatic rings. The van der Waals surface area contributed by atoms with Gasteiger partial charge in [-0.25, -0.2) is 9.59 Å². The van der Waals surface area contributed by atoms with Gasteiger partial charge in [0.05, 0.1) is 0 Å². The largest absolute Gasteiger partial charge is 0.390 e. The predicted octanol–water partition coefficient (Wildman–Crippen LogP) is 0.436. The van der Waals surface area contributed by atoms with Gasteiger partial charge in [-0.2, -0.15) is 0 Å². The number of ether oxygens (including phenoxy) is 1. The van der Waals surface area contributed by atoms with E-state index in [0.29, 0.717) is 38.8 Å². The number of amides is 2. The lowest BCUT2D eigenvalue weighted by atomic mass is 10.1. The van der Waals surface area contributed by atoms with E-state index in [1.165, 1.54) is 13.8 Å². The van der Waals surface area contributed by atoms with Gasteiger partial charge in [0.2, 0.25) is 11.8 Å². The zero-order chi connectivity index (χ0) is 22.4. The normalized spacial score (nSPS) is 12.4. The average Bonchev–Trinajstić information content (AvgIpc) is 2.65. The lowest BCUT2D eigenvalue weighted by Crippen LogP contribution is -2.47. The van der Waals surface area contributed by atoms with E-state index in [1.807, 2.05) is 0 Å². The smallest absolute Gasteiger partial charge is 0.336 e. The summed E-state index contributed by atoms with van der Waals surface area (Å²) >= 11 is 0. The number of hydrogen-bond donors (Lipinski definition) is 4. The van der Waals surface area contributed by atoms with Gasteiger partial charge in [0.15, 0.2) is 0 Å². The third kappa shape index (κ3) is 11.2. The van der Waals surface area contributed by atoms with Crippen molar-refractivity contribution in [2.24, 2.45) is 11.5 Å². The van der Waals surface area contributed by atoms with Crippen LogP contribution in [-0.4, -0.2) is 48.9 Å². The maximum Gasteiger partial charge on any atom is 0.336 e. The molecule has 0 fully saturated rings. The summed E-state index contributed by atoms with van der Waals surface area (Å²) in [5, 5.41) is 5.01. The molecule has 0 heterocycles. The molecule has 0 aliphatic carbocycles. The second kappa shape index (κ2) is 14.5. The van der Waals surface area contributed by atoms with Gasteiger partial charge in [0.1, 0.15) is 12.1 Å². The Labute approximate surface area is 172 Å². The van der Waals surface area contributed by atoms with Crippen LogP contribution in [0, 0.1) is 0 Å². The van der Waals surface area contributed by atoms with Crippen LogP contribution in [0.2, 0.25) is 0 Å². The molecule has 0 aliphatic heterocycles. The molecule has 0 radical (unpaired) electrons. The maximum absolute atomic E-state index is 12.5. The molecule has 0 aromatic heterocycles. The first-order valence-electron chi connectivity index (χ1n) is 9.72. The van der Waals surface area contributed by atoms with Gasteiger partial charge in [0, 0.05) is 11.1 Å². The minimum absolute atomic E-state index is 0.223. The molecule has 0 rings (SSSR count). The summed E-state index contributed by atoms with van der Waals surface area (Å²) in [5.41, 5.74) is 11.4. The lowest BCUT2D eigenvalue weighted by molar-refractivity contribution is -0.164. The first-order valence-corrected chi connectivity index (χ1v) is 9.72. The summed E-state index contributed by atoms with van der Waals surface area (Å²) in [4.78, 5) is 48.8. The van der Waals surface area contributed by atoms with Gasteiger partial charge < -0.3 is 26.8 Å². The summed E-state index contributed by atoms with van der Waals surface area (Å²) < 4.78 is 4.97. The molecule has 6 N–H and O–H groups in total. The van der Waals surface area contributed by atoms with Gasteiger partial charge in [0.25, 0.3) is 0 Å². The number of nitrogens with two attached hydrogens (primary N) is 2. The standard InChI is InChI=1S/C20H34N4O5/c1-13(2)17(25)23-15(9-5-7-11-21)19(27)29-20(28)16(10-6-8-12-22)24-18(26)14(3)4/h15-16H,1,3,5-12,21-22H2,2,4H3,(H,23,25)(H,24,26)/t15-,16-/m0/s1. The van der Waals surface area contributed by atoms with E-state index in [4.69, 9.17) is 16.2 Å². The van der Waals surface area contributed by atoms with E-state index in [2.05, 4.69) is 23.8 Å². The molecule has 2 atom stereocenters. The van der Waals surface area contributed by atoms with Crippen molar-refractivity contribution in [3.05, 3.63) is 24.3 Å².